The van der Waals surface area contributed by atoms with Crippen molar-refractivity contribution in [1.29, 1.82) is 0 Å². The second-order valence-electron chi connectivity index (χ2n) is 8.55. The minimum Gasteiger partial charge on any atom is -0.428 e. The molecular weight excluding hydrogens is 501 g/mol. The van der Waals surface area contributed by atoms with Gasteiger partial charge in [-0.05, 0) is 46.7 Å². The standard InChI is InChI=1S/C26H26NO9P/c1-17(28)24(25(29)36-37(31,32)33)27(15-18-8-3-2-4-9-18)35-26(30)34-16-20-11-7-13-22-21-12-6-5-10-19(21)14-23(20)22/h2-13,17,24,28H,14-16H2,1H3,(H2,31,32,33)/t17-,24+/m1/s1. The number of rotatable bonds is 9. The first-order valence-electron chi connectivity index (χ1n) is 11.4. The summed E-state index contributed by atoms with van der Waals surface area (Å²) in [6.45, 7) is 0.891. The van der Waals surface area contributed by atoms with Gasteiger partial charge in [0.2, 0.25) is 0 Å². The van der Waals surface area contributed by atoms with Gasteiger partial charge in [0.15, 0.2) is 6.04 Å². The highest BCUT2D eigenvalue weighted by Crippen LogP contribution is 2.39. The van der Waals surface area contributed by atoms with Gasteiger partial charge in [-0.2, -0.15) is 0 Å². The van der Waals surface area contributed by atoms with Gasteiger partial charge in [0.05, 0.1) is 12.6 Å². The molecule has 0 amide bonds. The summed E-state index contributed by atoms with van der Waals surface area (Å²) in [7, 11) is -5.22. The van der Waals surface area contributed by atoms with Crippen LogP contribution in [0.25, 0.3) is 11.1 Å². The number of carbonyl (C=O) groups excluding carboxylic acids is 2. The lowest BCUT2D eigenvalue weighted by Gasteiger charge is -2.29. The quantitative estimate of drug-likeness (QED) is 0.167. The summed E-state index contributed by atoms with van der Waals surface area (Å²) in [6.07, 6.45) is -2.00. The van der Waals surface area contributed by atoms with Crippen LogP contribution in [0, 0.1) is 0 Å². The van der Waals surface area contributed by atoms with Gasteiger partial charge in [0.1, 0.15) is 6.61 Å². The fourth-order valence-electron chi connectivity index (χ4n) is 4.29. The zero-order valence-electron chi connectivity index (χ0n) is 19.9. The Hall–Kier alpha value is -3.53. The van der Waals surface area contributed by atoms with Crippen LogP contribution in [0.5, 0.6) is 0 Å². The number of phosphoric ester groups is 1. The Labute approximate surface area is 213 Å². The molecule has 4 rings (SSSR count). The van der Waals surface area contributed by atoms with Crippen LogP contribution < -0.4 is 0 Å². The molecule has 1 aliphatic carbocycles. The molecule has 0 saturated carbocycles. The number of aliphatic hydroxyl groups excluding tert-OH is 1. The molecule has 1 aliphatic rings. The summed E-state index contributed by atoms with van der Waals surface area (Å²) < 4.78 is 20.7. The molecule has 0 aromatic heterocycles. The summed E-state index contributed by atoms with van der Waals surface area (Å²) in [4.78, 5) is 48.6. The summed E-state index contributed by atoms with van der Waals surface area (Å²) in [6, 6.07) is 20.5. The maximum absolute atomic E-state index is 12.7. The molecule has 0 unspecified atom stereocenters. The summed E-state index contributed by atoms with van der Waals surface area (Å²) in [5.74, 6) is -1.47. The van der Waals surface area contributed by atoms with Gasteiger partial charge in [-0.3, -0.25) is 9.79 Å². The number of benzene rings is 3. The first-order valence-corrected chi connectivity index (χ1v) is 13.0. The molecule has 0 saturated heterocycles. The van der Waals surface area contributed by atoms with Crippen molar-refractivity contribution in [2.24, 2.45) is 0 Å². The van der Waals surface area contributed by atoms with E-state index in [9.17, 15) is 19.3 Å². The van der Waals surface area contributed by atoms with Crippen molar-refractivity contribution >= 4 is 19.9 Å². The van der Waals surface area contributed by atoms with Crippen LogP contribution in [0.15, 0.2) is 72.8 Å². The number of fused-ring (bicyclic) bond motifs is 3. The first kappa shape index (κ1) is 26.5. The lowest BCUT2D eigenvalue weighted by atomic mass is 10.0. The maximum atomic E-state index is 12.7. The normalized spacial score (nSPS) is 13.9. The van der Waals surface area contributed by atoms with E-state index in [4.69, 9.17) is 19.4 Å². The van der Waals surface area contributed by atoms with E-state index >= 15 is 0 Å². The van der Waals surface area contributed by atoms with Crippen LogP contribution in [-0.4, -0.2) is 44.2 Å². The molecule has 11 heteroatoms. The van der Waals surface area contributed by atoms with Crippen molar-refractivity contribution in [3.63, 3.8) is 0 Å². The number of hydroxylamine groups is 2. The Bertz CT molecular complexity index is 1320. The average molecular weight is 527 g/mol. The van der Waals surface area contributed by atoms with Crippen molar-refractivity contribution in [2.75, 3.05) is 0 Å². The van der Waals surface area contributed by atoms with Gasteiger partial charge in [0.25, 0.3) is 0 Å². The molecular formula is C26H26NO9P. The number of aliphatic hydroxyl groups is 1. The maximum Gasteiger partial charge on any atom is 0.528 e. The molecule has 2 atom stereocenters. The third kappa shape index (κ3) is 6.62. The summed E-state index contributed by atoms with van der Waals surface area (Å²) >= 11 is 0. The molecule has 0 fully saturated rings. The van der Waals surface area contributed by atoms with E-state index in [1.165, 1.54) is 12.5 Å². The average Bonchev–Trinajstić information content (AvgIpc) is 3.21. The van der Waals surface area contributed by atoms with Crippen molar-refractivity contribution in [2.45, 2.75) is 38.6 Å². The highest BCUT2D eigenvalue weighted by molar-refractivity contribution is 7.46. The minimum atomic E-state index is -5.22. The first-order chi connectivity index (χ1) is 17.6. The number of hydrogen-bond donors (Lipinski definition) is 3. The Kier molecular flexibility index (Phi) is 8.06. The van der Waals surface area contributed by atoms with Crippen LogP contribution in [0.1, 0.15) is 29.2 Å². The van der Waals surface area contributed by atoms with Gasteiger partial charge < -0.3 is 19.2 Å². The topological polar surface area (TPSA) is 143 Å². The van der Waals surface area contributed by atoms with E-state index in [0.29, 0.717) is 12.0 Å². The number of phosphoric acid groups is 1. The Morgan fingerprint density at radius 3 is 2.35 bits per heavy atom. The largest absolute Gasteiger partial charge is 0.528 e. The fraction of sp³-hybridized carbons (Fsp3) is 0.231. The second-order valence-corrected chi connectivity index (χ2v) is 9.72. The van der Waals surface area contributed by atoms with Gasteiger partial charge in [-0.1, -0.05) is 72.8 Å². The smallest absolute Gasteiger partial charge is 0.428 e. The van der Waals surface area contributed by atoms with Crippen molar-refractivity contribution in [3.05, 3.63) is 95.1 Å². The van der Waals surface area contributed by atoms with Gasteiger partial charge in [-0.15, -0.1) is 5.06 Å². The van der Waals surface area contributed by atoms with E-state index in [2.05, 4.69) is 4.52 Å². The van der Waals surface area contributed by atoms with Gasteiger partial charge in [-0.25, -0.2) is 14.2 Å². The van der Waals surface area contributed by atoms with Crippen molar-refractivity contribution < 1.29 is 43.1 Å². The molecule has 3 aromatic rings. The van der Waals surface area contributed by atoms with Crippen LogP contribution in [0.4, 0.5) is 4.79 Å². The van der Waals surface area contributed by atoms with Gasteiger partial charge >= 0.3 is 19.9 Å². The van der Waals surface area contributed by atoms with Crippen LogP contribution in [0.3, 0.4) is 0 Å². The predicted octanol–water partition coefficient (Wildman–Crippen LogP) is 3.71. The number of hydrogen-bond acceptors (Lipinski definition) is 8. The second kappa shape index (κ2) is 11.2. The molecule has 194 valence electrons. The molecule has 0 aliphatic heterocycles. The van der Waals surface area contributed by atoms with Crippen LogP contribution in [-0.2, 0) is 43.0 Å². The third-order valence-electron chi connectivity index (χ3n) is 5.88. The molecule has 10 nitrogen and oxygen atoms in total. The Morgan fingerprint density at radius 1 is 0.973 bits per heavy atom. The number of nitrogens with zero attached hydrogens (tertiary/aromatic N) is 1. The van der Waals surface area contributed by atoms with E-state index in [-0.39, 0.29) is 13.2 Å². The molecule has 3 aromatic carbocycles. The zero-order chi connectivity index (χ0) is 26.6. The van der Waals surface area contributed by atoms with Crippen LogP contribution >= 0.6 is 7.82 Å². The van der Waals surface area contributed by atoms with Crippen molar-refractivity contribution in [3.8, 4) is 11.1 Å². The van der Waals surface area contributed by atoms with E-state index < -0.39 is 32.1 Å². The highest BCUT2D eigenvalue weighted by atomic mass is 31.2. The SMILES string of the molecule is C[C@@H](O)[C@@H](C(=O)OP(=O)(O)O)N(Cc1ccccc1)OC(=O)OCc1cccc2c1Cc1ccccc1-2. The molecule has 0 bridgehead atoms. The molecule has 0 heterocycles. The molecule has 3 N–H and O–H groups in total. The number of carbonyl (C=O) groups is 2. The van der Waals surface area contributed by atoms with E-state index in [0.717, 1.165) is 27.3 Å². The van der Waals surface area contributed by atoms with Crippen molar-refractivity contribution in [1.82, 2.24) is 5.06 Å². The lowest BCUT2D eigenvalue weighted by Crippen LogP contribution is -2.49. The molecule has 0 radical (unpaired) electrons. The lowest BCUT2D eigenvalue weighted by molar-refractivity contribution is -0.195. The Balaban J connectivity index is 1.50. The highest BCUT2D eigenvalue weighted by Gasteiger charge is 2.38. The fourth-order valence-corrected chi connectivity index (χ4v) is 4.64. The Morgan fingerprint density at radius 2 is 1.65 bits per heavy atom. The minimum absolute atomic E-state index is 0.110. The van der Waals surface area contributed by atoms with E-state index in [1.807, 2.05) is 42.5 Å². The third-order valence-corrected chi connectivity index (χ3v) is 6.30. The monoisotopic (exact) mass is 527 g/mol. The summed E-state index contributed by atoms with van der Waals surface area (Å²) in [5, 5.41) is 11.0. The summed E-state index contributed by atoms with van der Waals surface area (Å²) in [5.41, 5.74) is 5.76. The van der Waals surface area contributed by atoms with Gasteiger partial charge in [0, 0.05) is 0 Å². The molecule has 0 spiro atoms. The predicted molar refractivity (Wildman–Crippen MR) is 132 cm³/mol. The molecule has 37 heavy (non-hydrogen) atoms. The number of ether oxygens (including phenoxy) is 1. The van der Waals surface area contributed by atoms with E-state index in [1.54, 1.807) is 30.3 Å². The zero-order valence-corrected chi connectivity index (χ0v) is 20.8. The van der Waals surface area contributed by atoms with Crippen LogP contribution in [0.2, 0.25) is 0 Å².